The molecule has 0 saturated heterocycles. The van der Waals surface area contributed by atoms with Gasteiger partial charge in [-0.3, -0.25) is 4.98 Å². The van der Waals surface area contributed by atoms with Gasteiger partial charge >= 0.3 is 0 Å². The Morgan fingerprint density at radius 3 is 2.70 bits per heavy atom. The average Bonchev–Trinajstić information content (AvgIpc) is 2.45. The molecule has 2 aromatic carbocycles. The summed E-state index contributed by atoms with van der Waals surface area (Å²) in [6.07, 6.45) is 1.68. The SMILES string of the molecule is Nc1ccc(Nc2ccc(Br)cc2F)c2cccnc12. The summed E-state index contributed by atoms with van der Waals surface area (Å²) < 4.78 is 14.6. The molecule has 0 atom stereocenters. The lowest BCUT2D eigenvalue weighted by Crippen LogP contribution is -1.97. The number of pyridine rings is 1. The molecule has 3 nitrogen and oxygen atoms in total. The van der Waals surface area contributed by atoms with Crippen molar-refractivity contribution in [3.8, 4) is 0 Å². The van der Waals surface area contributed by atoms with Gasteiger partial charge in [0.25, 0.3) is 0 Å². The van der Waals surface area contributed by atoms with E-state index < -0.39 is 0 Å². The average molecular weight is 332 g/mol. The largest absolute Gasteiger partial charge is 0.397 e. The molecule has 3 rings (SSSR count). The summed E-state index contributed by atoms with van der Waals surface area (Å²) >= 11 is 3.24. The highest BCUT2D eigenvalue weighted by Crippen LogP contribution is 2.30. The third kappa shape index (κ3) is 2.32. The van der Waals surface area contributed by atoms with Gasteiger partial charge in [0.2, 0.25) is 0 Å². The van der Waals surface area contributed by atoms with Gasteiger partial charge in [-0.2, -0.15) is 0 Å². The summed E-state index contributed by atoms with van der Waals surface area (Å²) in [5, 5.41) is 3.93. The monoisotopic (exact) mass is 331 g/mol. The standard InChI is InChI=1S/C15H11BrFN3/c16-9-3-5-14(11(17)8-9)20-13-6-4-12(18)15-10(13)2-1-7-19-15/h1-8,20H,18H2. The Bertz CT molecular complexity index is 789. The van der Waals surface area contributed by atoms with E-state index in [1.54, 1.807) is 24.4 Å². The van der Waals surface area contributed by atoms with Crippen molar-refractivity contribution in [1.82, 2.24) is 4.98 Å². The molecule has 0 bridgehead atoms. The van der Waals surface area contributed by atoms with Gasteiger partial charge in [-0.15, -0.1) is 0 Å². The third-order valence-corrected chi connectivity index (χ3v) is 3.49. The molecular formula is C15H11BrFN3. The van der Waals surface area contributed by atoms with Crippen LogP contribution in [0.4, 0.5) is 21.5 Å². The van der Waals surface area contributed by atoms with Crippen LogP contribution < -0.4 is 11.1 Å². The number of halogens is 2. The summed E-state index contributed by atoms with van der Waals surface area (Å²) in [6.45, 7) is 0. The maximum absolute atomic E-state index is 13.9. The first-order valence-electron chi connectivity index (χ1n) is 6.00. The van der Waals surface area contributed by atoms with Crippen molar-refractivity contribution in [3.05, 3.63) is 59.0 Å². The van der Waals surface area contributed by atoms with Gasteiger partial charge in [-0.25, -0.2) is 4.39 Å². The Labute approximate surface area is 123 Å². The van der Waals surface area contributed by atoms with Crippen molar-refractivity contribution in [2.24, 2.45) is 0 Å². The molecule has 0 aliphatic heterocycles. The van der Waals surface area contributed by atoms with Crippen molar-refractivity contribution < 1.29 is 4.39 Å². The van der Waals surface area contributed by atoms with Crippen LogP contribution in [-0.4, -0.2) is 4.98 Å². The minimum Gasteiger partial charge on any atom is -0.397 e. The predicted octanol–water partition coefficient (Wildman–Crippen LogP) is 4.46. The lowest BCUT2D eigenvalue weighted by atomic mass is 10.1. The van der Waals surface area contributed by atoms with E-state index in [1.165, 1.54) is 6.07 Å². The van der Waals surface area contributed by atoms with E-state index >= 15 is 0 Å². The van der Waals surface area contributed by atoms with Gasteiger partial charge in [0.05, 0.1) is 16.9 Å². The molecule has 5 heteroatoms. The number of nitrogens with two attached hydrogens (primary N) is 1. The highest BCUT2D eigenvalue weighted by molar-refractivity contribution is 9.10. The summed E-state index contributed by atoms with van der Waals surface area (Å²) in [5.41, 5.74) is 8.37. The molecule has 0 unspecified atom stereocenters. The number of anilines is 3. The van der Waals surface area contributed by atoms with E-state index in [2.05, 4.69) is 26.2 Å². The molecule has 0 aliphatic rings. The second-order valence-electron chi connectivity index (χ2n) is 4.35. The first-order chi connectivity index (χ1) is 9.65. The van der Waals surface area contributed by atoms with Crippen molar-refractivity contribution in [3.63, 3.8) is 0 Å². The van der Waals surface area contributed by atoms with Crippen LogP contribution in [0, 0.1) is 5.82 Å². The topological polar surface area (TPSA) is 50.9 Å². The molecule has 100 valence electrons. The summed E-state index contributed by atoms with van der Waals surface area (Å²) in [7, 11) is 0. The van der Waals surface area contributed by atoms with E-state index in [0.717, 1.165) is 11.1 Å². The van der Waals surface area contributed by atoms with Gasteiger partial charge in [-0.1, -0.05) is 15.9 Å². The fourth-order valence-electron chi connectivity index (χ4n) is 2.04. The molecule has 3 N–H and O–H groups in total. The van der Waals surface area contributed by atoms with E-state index in [4.69, 9.17) is 5.73 Å². The lowest BCUT2D eigenvalue weighted by molar-refractivity contribution is 0.631. The number of benzene rings is 2. The number of rotatable bonds is 2. The highest BCUT2D eigenvalue weighted by Gasteiger charge is 2.08. The van der Waals surface area contributed by atoms with Gasteiger partial charge in [0, 0.05) is 21.7 Å². The number of nitrogens with one attached hydrogen (secondary N) is 1. The molecule has 1 aromatic heterocycles. The van der Waals surface area contributed by atoms with Crippen molar-refractivity contribution in [2.75, 3.05) is 11.1 Å². The molecule has 0 radical (unpaired) electrons. The van der Waals surface area contributed by atoms with Crippen molar-refractivity contribution in [1.29, 1.82) is 0 Å². The van der Waals surface area contributed by atoms with Crippen LogP contribution in [0.1, 0.15) is 0 Å². The van der Waals surface area contributed by atoms with Crippen LogP contribution in [0.5, 0.6) is 0 Å². The van der Waals surface area contributed by atoms with Crippen molar-refractivity contribution >= 4 is 43.9 Å². The van der Waals surface area contributed by atoms with Crippen molar-refractivity contribution in [2.45, 2.75) is 0 Å². The molecule has 0 amide bonds. The molecule has 0 saturated carbocycles. The zero-order chi connectivity index (χ0) is 14.1. The second kappa shape index (κ2) is 5.09. The summed E-state index contributed by atoms with van der Waals surface area (Å²) in [4.78, 5) is 4.25. The van der Waals surface area contributed by atoms with Crippen LogP contribution in [-0.2, 0) is 0 Å². The van der Waals surface area contributed by atoms with Gasteiger partial charge in [0.1, 0.15) is 5.82 Å². The van der Waals surface area contributed by atoms with Crippen LogP contribution in [0.2, 0.25) is 0 Å². The van der Waals surface area contributed by atoms with Crippen LogP contribution in [0.15, 0.2) is 53.1 Å². The lowest BCUT2D eigenvalue weighted by Gasteiger charge is -2.11. The fraction of sp³-hybridized carbons (Fsp3) is 0. The predicted molar refractivity (Wildman–Crippen MR) is 83.5 cm³/mol. The number of fused-ring (bicyclic) bond motifs is 1. The fourth-order valence-corrected chi connectivity index (χ4v) is 2.37. The maximum Gasteiger partial charge on any atom is 0.147 e. The highest BCUT2D eigenvalue weighted by atomic mass is 79.9. The van der Waals surface area contributed by atoms with Crippen LogP contribution in [0.3, 0.4) is 0 Å². The first kappa shape index (κ1) is 12.9. The number of hydrogen-bond donors (Lipinski definition) is 2. The molecule has 20 heavy (non-hydrogen) atoms. The quantitative estimate of drug-likeness (QED) is 0.681. The van der Waals surface area contributed by atoms with E-state index in [-0.39, 0.29) is 5.82 Å². The zero-order valence-corrected chi connectivity index (χ0v) is 12.0. The Balaban J connectivity index is 2.09. The maximum atomic E-state index is 13.9. The van der Waals surface area contributed by atoms with E-state index in [9.17, 15) is 4.39 Å². The van der Waals surface area contributed by atoms with Gasteiger partial charge < -0.3 is 11.1 Å². The van der Waals surface area contributed by atoms with Gasteiger partial charge in [0.15, 0.2) is 0 Å². The Morgan fingerprint density at radius 2 is 1.90 bits per heavy atom. The second-order valence-corrected chi connectivity index (χ2v) is 5.27. The Kier molecular flexibility index (Phi) is 3.28. The molecule has 0 fully saturated rings. The number of nitrogen functional groups attached to an aromatic ring is 1. The third-order valence-electron chi connectivity index (χ3n) is 3.00. The summed E-state index contributed by atoms with van der Waals surface area (Å²) in [6, 6.07) is 12.2. The number of hydrogen-bond acceptors (Lipinski definition) is 3. The number of aromatic nitrogens is 1. The van der Waals surface area contributed by atoms with Crippen LogP contribution in [0.25, 0.3) is 10.9 Å². The minimum absolute atomic E-state index is 0.326. The Morgan fingerprint density at radius 1 is 1.10 bits per heavy atom. The molecule has 1 heterocycles. The minimum atomic E-state index is -0.326. The molecule has 0 spiro atoms. The number of nitrogens with zero attached hydrogens (tertiary/aromatic N) is 1. The summed E-state index contributed by atoms with van der Waals surface area (Å²) in [5.74, 6) is -0.326. The smallest absolute Gasteiger partial charge is 0.147 e. The Hall–Kier alpha value is -2.14. The zero-order valence-electron chi connectivity index (χ0n) is 10.4. The van der Waals surface area contributed by atoms with E-state index in [1.807, 2.05) is 18.2 Å². The first-order valence-corrected chi connectivity index (χ1v) is 6.80. The van der Waals surface area contributed by atoms with Gasteiger partial charge in [-0.05, 0) is 42.5 Å². The normalized spacial score (nSPS) is 10.7. The van der Waals surface area contributed by atoms with E-state index in [0.29, 0.717) is 21.4 Å². The molecular weight excluding hydrogens is 321 g/mol. The van der Waals surface area contributed by atoms with Crippen LogP contribution >= 0.6 is 15.9 Å². The molecule has 0 aliphatic carbocycles. The molecule has 3 aromatic rings.